The number of nitrogens with one attached hydrogen (secondary N) is 1. The summed E-state index contributed by atoms with van der Waals surface area (Å²) < 4.78 is 39.4. The third-order valence-corrected chi connectivity index (χ3v) is 6.43. The SMILES string of the molecule is COc1ccc(OC)c(S(=O)(=O)Nc2cc(Cl)ccc2N2CCCCCC2)c1. The molecule has 0 unspecified atom stereocenters. The minimum Gasteiger partial charge on any atom is -0.497 e. The van der Waals surface area contributed by atoms with Crippen molar-refractivity contribution >= 4 is 33.0 Å². The summed E-state index contributed by atoms with van der Waals surface area (Å²) >= 11 is 6.17. The highest BCUT2D eigenvalue weighted by Gasteiger charge is 2.23. The summed E-state index contributed by atoms with van der Waals surface area (Å²) in [5, 5.41) is 0.467. The van der Waals surface area contributed by atoms with E-state index >= 15 is 0 Å². The van der Waals surface area contributed by atoms with E-state index in [0.717, 1.165) is 31.6 Å². The van der Waals surface area contributed by atoms with Gasteiger partial charge in [0.1, 0.15) is 16.4 Å². The standard InChI is InChI=1S/C20H25ClN2O4S/c1-26-16-8-10-19(27-2)20(14-16)28(24,25)22-17-13-15(21)7-9-18(17)23-11-5-3-4-6-12-23/h7-10,13-14,22H,3-6,11-12H2,1-2H3. The molecular weight excluding hydrogens is 400 g/mol. The fourth-order valence-corrected chi connectivity index (χ4v) is 4.79. The Kier molecular flexibility index (Phi) is 6.57. The van der Waals surface area contributed by atoms with Crippen LogP contribution in [0.4, 0.5) is 11.4 Å². The second-order valence-electron chi connectivity index (χ2n) is 6.69. The lowest BCUT2D eigenvalue weighted by molar-refractivity contribution is 0.392. The first-order valence-corrected chi connectivity index (χ1v) is 11.1. The van der Waals surface area contributed by atoms with Gasteiger partial charge in [-0.15, -0.1) is 0 Å². The molecule has 0 amide bonds. The van der Waals surface area contributed by atoms with Crippen molar-refractivity contribution in [1.29, 1.82) is 0 Å². The maximum atomic E-state index is 13.2. The van der Waals surface area contributed by atoms with E-state index < -0.39 is 10.0 Å². The summed E-state index contributed by atoms with van der Waals surface area (Å²) in [7, 11) is -0.996. The fourth-order valence-electron chi connectivity index (χ4n) is 3.37. The van der Waals surface area contributed by atoms with E-state index in [9.17, 15) is 8.42 Å². The number of anilines is 2. The van der Waals surface area contributed by atoms with Gasteiger partial charge in [-0.25, -0.2) is 8.42 Å². The Morgan fingerprint density at radius 3 is 2.32 bits per heavy atom. The molecule has 152 valence electrons. The molecular formula is C20H25ClN2O4S. The first kappa shape index (κ1) is 20.6. The minimum atomic E-state index is -3.92. The molecule has 1 aliphatic rings. The second-order valence-corrected chi connectivity index (χ2v) is 8.77. The molecule has 2 aromatic carbocycles. The van der Waals surface area contributed by atoms with Crippen LogP contribution in [0.25, 0.3) is 0 Å². The van der Waals surface area contributed by atoms with E-state index in [1.54, 1.807) is 24.3 Å². The predicted molar refractivity (Wildman–Crippen MR) is 112 cm³/mol. The van der Waals surface area contributed by atoms with Gasteiger partial charge in [0, 0.05) is 24.2 Å². The second kappa shape index (κ2) is 8.92. The third-order valence-electron chi connectivity index (χ3n) is 4.81. The Bertz CT molecular complexity index is 926. The number of rotatable bonds is 6. The van der Waals surface area contributed by atoms with Crippen LogP contribution in [0.15, 0.2) is 41.3 Å². The molecule has 0 spiro atoms. The molecule has 8 heteroatoms. The number of sulfonamides is 1. The molecule has 3 rings (SSSR count). The number of ether oxygens (including phenoxy) is 2. The molecule has 1 aliphatic heterocycles. The van der Waals surface area contributed by atoms with Gasteiger partial charge in [0.25, 0.3) is 10.0 Å². The summed E-state index contributed by atoms with van der Waals surface area (Å²) in [4.78, 5) is 2.22. The smallest absolute Gasteiger partial charge is 0.265 e. The maximum Gasteiger partial charge on any atom is 0.265 e. The van der Waals surface area contributed by atoms with E-state index in [2.05, 4.69) is 9.62 Å². The number of methoxy groups -OCH3 is 2. The number of hydrogen-bond acceptors (Lipinski definition) is 5. The lowest BCUT2D eigenvalue weighted by Crippen LogP contribution is -2.26. The Balaban J connectivity index is 1.99. The maximum absolute atomic E-state index is 13.2. The zero-order valence-corrected chi connectivity index (χ0v) is 17.6. The number of nitrogens with zero attached hydrogens (tertiary/aromatic N) is 1. The molecule has 0 bridgehead atoms. The highest BCUT2D eigenvalue weighted by molar-refractivity contribution is 7.92. The van der Waals surface area contributed by atoms with Crippen LogP contribution < -0.4 is 19.1 Å². The molecule has 1 N–H and O–H groups in total. The van der Waals surface area contributed by atoms with Gasteiger partial charge in [0.15, 0.2) is 0 Å². The molecule has 2 aromatic rings. The van der Waals surface area contributed by atoms with Crippen LogP contribution in [-0.4, -0.2) is 35.7 Å². The first-order valence-electron chi connectivity index (χ1n) is 9.24. The molecule has 0 aromatic heterocycles. The molecule has 0 radical (unpaired) electrons. The van der Waals surface area contributed by atoms with Gasteiger partial charge in [-0.3, -0.25) is 4.72 Å². The quantitative estimate of drug-likeness (QED) is 0.737. The van der Waals surface area contributed by atoms with Crippen molar-refractivity contribution in [3.05, 3.63) is 41.4 Å². The lowest BCUT2D eigenvalue weighted by atomic mass is 10.2. The monoisotopic (exact) mass is 424 g/mol. The fraction of sp³-hybridized carbons (Fsp3) is 0.400. The Morgan fingerprint density at radius 2 is 1.68 bits per heavy atom. The summed E-state index contributed by atoms with van der Waals surface area (Å²) in [6.07, 6.45) is 4.54. The van der Waals surface area contributed by atoms with Gasteiger partial charge in [-0.05, 0) is 43.2 Å². The van der Waals surface area contributed by atoms with Gasteiger partial charge in [0.2, 0.25) is 0 Å². The molecule has 6 nitrogen and oxygen atoms in total. The van der Waals surface area contributed by atoms with Crippen LogP contribution in [0.3, 0.4) is 0 Å². The van der Waals surface area contributed by atoms with Crippen molar-refractivity contribution in [2.24, 2.45) is 0 Å². The van der Waals surface area contributed by atoms with Crippen LogP contribution in [0.1, 0.15) is 25.7 Å². The Labute approximate surface area is 171 Å². The largest absolute Gasteiger partial charge is 0.497 e. The van der Waals surface area contributed by atoms with Gasteiger partial charge in [-0.2, -0.15) is 0 Å². The summed E-state index contributed by atoms with van der Waals surface area (Å²) in [5.74, 6) is 0.673. The summed E-state index contributed by atoms with van der Waals surface area (Å²) in [6, 6.07) is 9.96. The third kappa shape index (κ3) is 4.64. The van der Waals surface area contributed by atoms with E-state index in [4.69, 9.17) is 21.1 Å². The van der Waals surface area contributed by atoms with Crippen LogP contribution in [0, 0.1) is 0 Å². The van der Waals surface area contributed by atoms with Crippen LogP contribution in [-0.2, 0) is 10.0 Å². The molecule has 1 heterocycles. The van der Waals surface area contributed by atoms with Crippen LogP contribution in [0.2, 0.25) is 5.02 Å². The van der Waals surface area contributed by atoms with E-state index in [1.165, 1.54) is 33.1 Å². The van der Waals surface area contributed by atoms with E-state index in [-0.39, 0.29) is 10.6 Å². The first-order chi connectivity index (χ1) is 13.4. The number of halogens is 1. The highest BCUT2D eigenvalue weighted by Crippen LogP contribution is 2.35. The molecule has 1 fully saturated rings. The van der Waals surface area contributed by atoms with E-state index in [1.807, 2.05) is 6.07 Å². The average Bonchev–Trinajstić information content (AvgIpc) is 2.96. The van der Waals surface area contributed by atoms with Crippen LogP contribution >= 0.6 is 11.6 Å². The average molecular weight is 425 g/mol. The van der Waals surface area contributed by atoms with Crippen molar-refractivity contribution in [2.75, 3.05) is 36.9 Å². The van der Waals surface area contributed by atoms with E-state index in [0.29, 0.717) is 16.5 Å². The van der Waals surface area contributed by atoms with Gasteiger partial charge in [0.05, 0.1) is 25.6 Å². The lowest BCUT2D eigenvalue weighted by Gasteiger charge is -2.26. The number of hydrogen-bond donors (Lipinski definition) is 1. The van der Waals surface area contributed by atoms with Crippen molar-refractivity contribution in [2.45, 2.75) is 30.6 Å². The van der Waals surface area contributed by atoms with Gasteiger partial charge >= 0.3 is 0 Å². The highest BCUT2D eigenvalue weighted by atomic mass is 35.5. The van der Waals surface area contributed by atoms with Crippen molar-refractivity contribution in [3.63, 3.8) is 0 Å². The molecule has 28 heavy (non-hydrogen) atoms. The Hall–Kier alpha value is -2.12. The normalized spacial score (nSPS) is 15.0. The van der Waals surface area contributed by atoms with Gasteiger partial charge < -0.3 is 14.4 Å². The molecule has 0 atom stereocenters. The molecule has 0 saturated carbocycles. The topological polar surface area (TPSA) is 67.9 Å². The predicted octanol–water partition coefficient (Wildman–Crippen LogP) is 4.54. The molecule has 1 saturated heterocycles. The summed E-state index contributed by atoms with van der Waals surface area (Å²) in [6.45, 7) is 1.78. The molecule has 0 aliphatic carbocycles. The van der Waals surface area contributed by atoms with Crippen molar-refractivity contribution in [3.8, 4) is 11.5 Å². The summed E-state index contributed by atoms with van der Waals surface area (Å²) in [5.41, 5.74) is 1.29. The van der Waals surface area contributed by atoms with Crippen LogP contribution in [0.5, 0.6) is 11.5 Å². The Morgan fingerprint density at radius 1 is 0.964 bits per heavy atom. The van der Waals surface area contributed by atoms with Gasteiger partial charge in [-0.1, -0.05) is 24.4 Å². The van der Waals surface area contributed by atoms with Crippen molar-refractivity contribution in [1.82, 2.24) is 0 Å². The number of benzene rings is 2. The zero-order chi connectivity index (χ0) is 20.1. The minimum absolute atomic E-state index is 0.0103. The zero-order valence-electron chi connectivity index (χ0n) is 16.1. The van der Waals surface area contributed by atoms with Crippen molar-refractivity contribution < 1.29 is 17.9 Å².